The van der Waals surface area contributed by atoms with Crippen LogP contribution in [0.3, 0.4) is 0 Å². The molecule has 3 rings (SSSR count). The lowest BCUT2D eigenvalue weighted by Crippen LogP contribution is -2.23. The van der Waals surface area contributed by atoms with E-state index in [0.717, 1.165) is 5.56 Å². The first kappa shape index (κ1) is 12.3. The molecule has 0 radical (unpaired) electrons. The molecular weight excluding hydrogens is 257 g/mol. The number of nitrogen functional groups attached to an aromatic ring is 1. The van der Waals surface area contributed by atoms with Gasteiger partial charge < -0.3 is 5.73 Å². The maximum Gasteiger partial charge on any atom is 0.267 e. The quantitative estimate of drug-likeness (QED) is 0.738. The van der Waals surface area contributed by atoms with Crippen molar-refractivity contribution in [2.24, 2.45) is 0 Å². The van der Waals surface area contributed by atoms with Crippen LogP contribution >= 0.6 is 0 Å². The van der Waals surface area contributed by atoms with E-state index in [1.54, 1.807) is 18.2 Å². The third-order valence-electron chi connectivity index (χ3n) is 3.12. The molecule has 20 heavy (non-hydrogen) atoms. The van der Waals surface area contributed by atoms with E-state index in [1.165, 1.54) is 22.8 Å². The zero-order valence-corrected chi connectivity index (χ0v) is 10.8. The van der Waals surface area contributed by atoms with Crippen LogP contribution in [-0.2, 0) is 0 Å². The number of rotatable bonds is 1. The molecule has 0 fully saturated rings. The van der Waals surface area contributed by atoms with Crippen LogP contribution in [0.25, 0.3) is 16.6 Å². The molecule has 2 N–H and O–H groups in total. The molecule has 0 atom stereocenters. The predicted molar refractivity (Wildman–Crippen MR) is 76.4 cm³/mol. The van der Waals surface area contributed by atoms with Crippen molar-refractivity contribution in [3.8, 4) is 5.69 Å². The normalized spacial score (nSPS) is 10.9. The van der Waals surface area contributed by atoms with Crippen LogP contribution in [0.2, 0.25) is 0 Å². The van der Waals surface area contributed by atoms with Crippen molar-refractivity contribution in [2.75, 3.05) is 5.73 Å². The standard InChI is InChI=1S/C15H12FN3O/c1-9-5-6-13-12(7-9)14(20)19(15(17)18-13)11-4-2-3-10(16)8-11/h2-8H,1H3,(H2,17,18). The number of benzene rings is 2. The second-order valence-electron chi connectivity index (χ2n) is 4.61. The summed E-state index contributed by atoms with van der Waals surface area (Å²) in [7, 11) is 0. The van der Waals surface area contributed by atoms with Crippen LogP contribution in [0.1, 0.15) is 5.56 Å². The Morgan fingerprint density at radius 1 is 1.20 bits per heavy atom. The average molecular weight is 269 g/mol. The molecule has 1 heterocycles. The molecule has 3 aromatic rings. The first-order valence-corrected chi connectivity index (χ1v) is 6.11. The predicted octanol–water partition coefficient (Wildman–Crippen LogP) is 2.42. The fourth-order valence-electron chi connectivity index (χ4n) is 2.18. The van der Waals surface area contributed by atoms with E-state index in [-0.39, 0.29) is 11.5 Å². The second-order valence-corrected chi connectivity index (χ2v) is 4.61. The molecule has 0 saturated carbocycles. The van der Waals surface area contributed by atoms with E-state index in [9.17, 15) is 9.18 Å². The monoisotopic (exact) mass is 269 g/mol. The van der Waals surface area contributed by atoms with E-state index < -0.39 is 5.82 Å². The van der Waals surface area contributed by atoms with Gasteiger partial charge in [-0.25, -0.2) is 13.9 Å². The average Bonchev–Trinajstić information content (AvgIpc) is 2.40. The summed E-state index contributed by atoms with van der Waals surface area (Å²) >= 11 is 0. The van der Waals surface area contributed by atoms with Crippen LogP contribution in [0.4, 0.5) is 10.3 Å². The second kappa shape index (κ2) is 4.45. The summed E-state index contributed by atoms with van der Waals surface area (Å²) in [6, 6.07) is 11.1. The Morgan fingerprint density at radius 3 is 2.75 bits per heavy atom. The Morgan fingerprint density at radius 2 is 2.00 bits per heavy atom. The Bertz CT molecular complexity index is 871. The zero-order valence-electron chi connectivity index (χ0n) is 10.8. The molecule has 0 bridgehead atoms. The van der Waals surface area contributed by atoms with Crippen LogP contribution in [0, 0.1) is 12.7 Å². The lowest BCUT2D eigenvalue weighted by molar-refractivity contribution is 0.626. The van der Waals surface area contributed by atoms with Gasteiger partial charge >= 0.3 is 0 Å². The number of hydrogen-bond acceptors (Lipinski definition) is 3. The van der Waals surface area contributed by atoms with Gasteiger partial charge in [-0.05, 0) is 37.3 Å². The molecule has 0 saturated heterocycles. The molecule has 0 aliphatic heterocycles. The highest BCUT2D eigenvalue weighted by Crippen LogP contribution is 2.16. The summed E-state index contributed by atoms with van der Waals surface area (Å²) in [5.41, 5.74) is 7.38. The summed E-state index contributed by atoms with van der Waals surface area (Å²) < 4.78 is 14.5. The maximum absolute atomic E-state index is 13.3. The van der Waals surface area contributed by atoms with Gasteiger partial charge in [0.1, 0.15) is 5.82 Å². The van der Waals surface area contributed by atoms with Gasteiger partial charge in [-0.1, -0.05) is 17.7 Å². The third kappa shape index (κ3) is 1.93. The highest BCUT2D eigenvalue weighted by Gasteiger charge is 2.11. The smallest absolute Gasteiger partial charge is 0.267 e. The molecule has 4 nitrogen and oxygen atoms in total. The third-order valence-corrected chi connectivity index (χ3v) is 3.12. The van der Waals surface area contributed by atoms with Gasteiger partial charge in [0.25, 0.3) is 5.56 Å². The Balaban J connectivity index is 2.39. The Hall–Kier alpha value is -2.69. The number of fused-ring (bicyclic) bond motifs is 1. The topological polar surface area (TPSA) is 60.9 Å². The summed E-state index contributed by atoms with van der Waals surface area (Å²) in [5.74, 6) is -0.393. The van der Waals surface area contributed by atoms with Crippen LogP contribution < -0.4 is 11.3 Å². The first-order valence-electron chi connectivity index (χ1n) is 6.11. The Labute approximate surface area is 114 Å². The van der Waals surface area contributed by atoms with Crippen molar-refractivity contribution in [2.45, 2.75) is 6.92 Å². The van der Waals surface area contributed by atoms with Crippen LogP contribution in [0.15, 0.2) is 47.3 Å². The summed E-state index contributed by atoms with van der Waals surface area (Å²) in [5, 5.41) is 0.462. The zero-order chi connectivity index (χ0) is 14.3. The van der Waals surface area contributed by atoms with Crippen molar-refractivity contribution in [1.29, 1.82) is 0 Å². The van der Waals surface area contributed by atoms with Gasteiger partial charge in [-0.2, -0.15) is 0 Å². The van der Waals surface area contributed by atoms with E-state index in [1.807, 2.05) is 13.0 Å². The lowest BCUT2D eigenvalue weighted by Gasteiger charge is -2.10. The molecule has 0 amide bonds. The highest BCUT2D eigenvalue weighted by molar-refractivity contribution is 5.79. The van der Waals surface area contributed by atoms with Gasteiger partial charge in [0.15, 0.2) is 0 Å². The largest absolute Gasteiger partial charge is 0.369 e. The first-order chi connectivity index (χ1) is 9.56. The number of aromatic nitrogens is 2. The Kier molecular flexibility index (Phi) is 2.75. The molecule has 1 aromatic heterocycles. The number of nitrogens with two attached hydrogens (primary N) is 1. The number of nitrogens with zero attached hydrogens (tertiary/aromatic N) is 2. The van der Waals surface area contributed by atoms with Crippen molar-refractivity contribution >= 4 is 16.9 Å². The number of aryl methyl sites for hydroxylation is 1. The van der Waals surface area contributed by atoms with Gasteiger partial charge in [-0.15, -0.1) is 0 Å². The van der Waals surface area contributed by atoms with E-state index in [4.69, 9.17) is 5.73 Å². The molecular formula is C15H12FN3O. The fraction of sp³-hybridized carbons (Fsp3) is 0.0667. The molecule has 0 unspecified atom stereocenters. The van der Waals surface area contributed by atoms with Gasteiger partial charge in [-0.3, -0.25) is 4.79 Å². The van der Waals surface area contributed by atoms with E-state index in [2.05, 4.69) is 4.98 Å². The van der Waals surface area contributed by atoms with E-state index >= 15 is 0 Å². The highest BCUT2D eigenvalue weighted by atomic mass is 19.1. The minimum Gasteiger partial charge on any atom is -0.369 e. The fourth-order valence-corrected chi connectivity index (χ4v) is 2.18. The summed E-state index contributed by atoms with van der Waals surface area (Å²) in [6.07, 6.45) is 0. The van der Waals surface area contributed by atoms with Crippen molar-refractivity contribution < 1.29 is 4.39 Å². The van der Waals surface area contributed by atoms with E-state index in [0.29, 0.717) is 16.6 Å². The van der Waals surface area contributed by atoms with Crippen LogP contribution in [-0.4, -0.2) is 9.55 Å². The SMILES string of the molecule is Cc1ccc2nc(N)n(-c3cccc(F)c3)c(=O)c2c1. The summed E-state index contributed by atoms with van der Waals surface area (Å²) in [6.45, 7) is 1.89. The maximum atomic E-state index is 13.3. The van der Waals surface area contributed by atoms with Gasteiger partial charge in [0.05, 0.1) is 16.6 Å². The van der Waals surface area contributed by atoms with Crippen LogP contribution in [0.5, 0.6) is 0 Å². The van der Waals surface area contributed by atoms with Crippen molar-refractivity contribution in [3.63, 3.8) is 0 Å². The lowest BCUT2D eigenvalue weighted by atomic mass is 10.1. The minimum atomic E-state index is -0.432. The number of halogens is 1. The molecule has 0 spiro atoms. The number of hydrogen-bond donors (Lipinski definition) is 1. The van der Waals surface area contributed by atoms with Crippen molar-refractivity contribution in [1.82, 2.24) is 9.55 Å². The number of anilines is 1. The molecule has 5 heteroatoms. The van der Waals surface area contributed by atoms with Crippen molar-refractivity contribution in [3.05, 3.63) is 64.2 Å². The summed E-state index contributed by atoms with van der Waals surface area (Å²) in [4.78, 5) is 16.7. The van der Waals surface area contributed by atoms with Gasteiger partial charge in [0, 0.05) is 0 Å². The molecule has 100 valence electrons. The molecule has 0 aliphatic carbocycles. The minimum absolute atomic E-state index is 0.0388. The molecule has 0 aliphatic rings. The van der Waals surface area contributed by atoms with Gasteiger partial charge in [0.2, 0.25) is 5.95 Å². The molecule has 2 aromatic carbocycles.